The minimum Gasteiger partial charge on any atom is -0.324 e. The molecule has 0 aliphatic carbocycles. The Morgan fingerprint density at radius 2 is 2.00 bits per heavy atom. The van der Waals surface area contributed by atoms with Gasteiger partial charge >= 0.3 is 11.8 Å². The molecule has 2 aromatic rings. The van der Waals surface area contributed by atoms with Crippen LogP contribution in [0, 0.1) is 12.8 Å². The molecule has 2 amide bonds. The molecule has 7 heteroatoms. The normalized spacial score (nSPS) is 17.5. The summed E-state index contributed by atoms with van der Waals surface area (Å²) in [5.74, 6) is -6.15. The minimum atomic E-state index is -3.80. The lowest BCUT2D eigenvalue weighted by atomic mass is 10.1. The summed E-state index contributed by atoms with van der Waals surface area (Å²) >= 11 is 0. The van der Waals surface area contributed by atoms with Gasteiger partial charge in [0.1, 0.15) is 5.69 Å². The van der Waals surface area contributed by atoms with Crippen molar-refractivity contribution in [2.45, 2.75) is 19.8 Å². The first-order valence-electron chi connectivity index (χ1n) is 7.84. The minimum absolute atomic E-state index is 0.136. The standard InChI is InChI=1S/C18H17F2N3O2/c1-11-6-5-9-21-15(11)18(19,20)17(25)23-10-12(2)16(24)22-13-7-3-4-8-14(13)23/h3-9,12H,10H2,1-2H3,(H,22,24). The van der Waals surface area contributed by atoms with E-state index in [0.29, 0.717) is 5.69 Å². The number of hydrogen-bond donors (Lipinski definition) is 1. The molecule has 1 unspecified atom stereocenters. The molecule has 1 N–H and O–H groups in total. The van der Waals surface area contributed by atoms with Crippen LogP contribution < -0.4 is 10.2 Å². The first kappa shape index (κ1) is 17.0. The summed E-state index contributed by atoms with van der Waals surface area (Å²) in [6.45, 7) is 2.93. The molecule has 0 bridgehead atoms. The number of aryl methyl sites for hydroxylation is 1. The lowest BCUT2D eigenvalue weighted by molar-refractivity contribution is -0.144. The zero-order valence-electron chi connectivity index (χ0n) is 13.8. The molecule has 1 aromatic heterocycles. The van der Waals surface area contributed by atoms with Crippen molar-refractivity contribution < 1.29 is 18.4 Å². The number of carbonyl (C=O) groups excluding carboxylic acids is 2. The van der Waals surface area contributed by atoms with E-state index in [4.69, 9.17) is 0 Å². The van der Waals surface area contributed by atoms with Gasteiger partial charge < -0.3 is 10.2 Å². The van der Waals surface area contributed by atoms with Crippen LogP contribution in [-0.2, 0) is 15.5 Å². The Morgan fingerprint density at radius 1 is 1.28 bits per heavy atom. The van der Waals surface area contributed by atoms with Crippen LogP contribution in [-0.4, -0.2) is 23.3 Å². The number of pyridine rings is 1. The molecule has 1 aromatic carbocycles. The molecule has 3 rings (SSSR count). The van der Waals surface area contributed by atoms with Crippen LogP contribution in [0.15, 0.2) is 42.6 Å². The number of amides is 2. The number of alkyl halides is 2. The number of aromatic nitrogens is 1. The summed E-state index contributed by atoms with van der Waals surface area (Å²) < 4.78 is 29.8. The van der Waals surface area contributed by atoms with Crippen LogP contribution in [0.25, 0.3) is 0 Å². The lowest BCUT2D eigenvalue weighted by Crippen LogP contribution is -2.45. The maximum Gasteiger partial charge on any atom is 0.366 e. The van der Waals surface area contributed by atoms with Crippen LogP contribution in [0.4, 0.5) is 20.2 Å². The Morgan fingerprint density at radius 3 is 2.72 bits per heavy atom. The van der Waals surface area contributed by atoms with Gasteiger partial charge in [-0.3, -0.25) is 14.6 Å². The zero-order valence-corrected chi connectivity index (χ0v) is 13.8. The van der Waals surface area contributed by atoms with Crippen molar-refractivity contribution in [2.75, 3.05) is 16.8 Å². The lowest BCUT2D eigenvalue weighted by Gasteiger charge is -2.28. The van der Waals surface area contributed by atoms with Crippen molar-refractivity contribution in [3.05, 3.63) is 53.9 Å². The number of nitrogens with one attached hydrogen (secondary N) is 1. The molecule has 0 fully saturated rings. The van der Waals surface area contributed by atoms with Crippen LogP contribution in [0.5, 0.6) is 0 Å². The van der Waals surface area contributed by atoms with Crippen molar-refractivity contribution in [2.24, 2.45) is 5.92 Å². The Bertz CT molecular complexity index is 839. The highest BCUT2D eigenvalue weighted by atomic mass is 19.3. The van der Waals surface area contributed by atoms with E-state index < -0.39 is 23.4 Å². The Kier molecular flexibility index (Phi) is 4.24. The Balaban J connectivity index is 2.06. The third-order valence-corrected chi connectivity index (χ3v) is 4.18. The second-order valence-electron chi connectivity index (χ2n) is 6.07. The second-order valence-corrected chi connectivity index (χ2v) is 6.07. The van der Waals surface area contributed by atoms with E-state index in [1.54, 1.807) is 25.1 Å². The summed E-state index contributed by atoms with van der Waals surface area (Å²) in [4.78, 5) is 29.5. The summed E-state index contributed by atoms with van der Waals surface area (Å²) in [5, 5.41) is 2.67. The van der Waals surface area contributed by atoms with E-state index in [0.717, 1.165) is 4.90 Å². The van der Waals surface area contributed by atoms with E-state index in [1.807, 2.05) is 0 Å². The fourth-order valence-corrected chi connectivity index (χ4v) is 2.80. The monoisotopic (exact) mass is 345 g/mol. The first-order chi connectivity index (χ1) is 11.8. The molecular formula is C18H17F2N3O2. The zero-order chi connectivity index (χ0) is 18.2. The number of carbonyl (C=O) groups is 2. The largest absolute Gasteiger partial charge is 0.366 e. The van der Waals surface area contributed by atoms with Gasteiger partial charge in [0, 0.05) is 12.7 Å². The molecule has 0 saturated carbocycles. The molecule has 0 radical (unpaired) electrons. The van der Waals surface area contributed by atoms with Gasteiger partial charge in [0.15, 0.2) is 0 Å². The number of nitrogens with zero attached hydrogens (tertiary/aromatic N) is 2. The highest BCUT2D eigenvalue weighted by Crippen LogP contribution is 2.36. The van der Waals surface area contributed by atoms with E-state index in [2.05, 4.69) is 10.3 Å². The van der Waals surface area contributed by atoms with Gasteiger partial charge in [-0.2, -0.15) is 8.78 Å². The molecule has 5 nitrogen and oxygen atoms in total. The highest BCUT2D eigenvalue weighted by Gasteiger charge is 2.48. The van der Waals surface area contributed by atoms with Crippen molar-refractivity contribution >= 4 is 23.2 Å². The summed E-state index contributed by atoms with van der Waals surface area (Å²) in [6.07, 6.45) is 1.23. The van der Waals surface area contributed by atoms with Gasteiger partial charge in [-0.25, -0.2) is 0 Å². The molecule has 25 heavy (non-hydrogen) atoms. The van der Waals surface area contributed by atoms with E-state index in [9.17, 15) is 18.4 Å². The average molecular weight is 345 g/mol. The van der Waals surface area contributed by atoms with Gasteiger partial charge in [0.05, 0.1) is 17.3 Å². The van der Waals surface area contributed by atoms with Crippen molar-refractivity contribution in [3.8, 4) is 0 Å². The Hall–Kier alpha value is -2.83. The molecule has 0 spiro atoms. The first-order valence-corrected chi connectivity index (χ1v) is 7.84. The number of para-hydroxylation sites is 2. The van der Waals surface area contributed by atoms with Gasteiger partial charge in [-0.15, -0.1) is 0 Å². The molecule has 130 valence electrons. The molecular weight excluding hydrogens is 328 g/mol. The van der Waals surface area contributed by atoms with Crippen LogP contribution >= 0.6 is 0 Å². The number of halogens is 2. The predicted molar refractivity (Wildman–Crippen MR) is 89.5 cm³/mol. The predicted octanol–water partition coefficient (Wildman–Crippen LogP) is 3.10. The topological polar surface area (TPSA) is 62.3 Å². The Labute approximate surface area is 143 Å². The number of hydrogen-bond acceptors (Lipinski definition) is 3. The summed E-state index contributed by atoms with van der Waals surface area (Å²) in [6, 6.07) is 9.42. The number of benzene rings is 1. The van der Waals surface area contributed by atoms with Crippen molar-refractivity contribution in [3.63, 3.8) is 0 Å². The van der Waals surface area contributed by atoms with Crippen molar-refractivity contribution in [1.82, 2.24) is 4.98 Å². The van der Waals surface area contributed by atoms with E-state index >= 15 is 0 Å². The second kappa shape index (κ2) is 6.23. The quantitative estimate of drug-likeness (QED) is 0.910. The van der Waals surface area contributed by atoms with Gasteiger partial charge in [0.2, 0.25) is 5.91 Å². The summed E-state index contributed by atoms with van der Waals surface area (Å²) in [7, 11) is 0. The van der Waals surface area contributed by atoms with Crippen LogP contribution in [0.2, 0.25) is 0 Å². The molecule has 2 heterocycles. The average Bonchev–Trinajstić information content (AvgIpc) is 2.71. The number of fused-ring (bicyclic) bond motifs is 1. The van der Waals surface area contributed by atoms with E-state index in [-0.39, 0.29) is 23.7 Å². The third kappa shape index (κ3) is 2.97. The molecule has 1 aliphatic rings. The molecule has 0 saturated heterocycles. The fraction of sp³-hybridized carbons (Fsp3) is 0.278. The van der Waals surface area contributed by atoms with E-state index in [1.165, 1.54) is 31.3 Å². The maximum atomic E-state index is 14.9. The van der Waals surface area contributed by atoms with Gasteiger partial charge in [-0.1, -0.05) is 25.1 Å². The van der Waals surface area contributed by atoms with Crippen LogP contribution in [0.1, 0.15) is 18.2 Å². The smallest absolute Gasteiger partial charge is 0.324 e. The van der Waals surface area contributed by atoms with Crippen molar-refractivity contribution in [1.29, 1.82) is 0 Å². The number of anilines is 2. The van der Waals surface area contributed by atoms with Gasteiger partial charge in [0.25, 0.3) is 0 Å². The third-order valence-electron chi connectivity index (χ3n) is 4.18. The fourth-order valence-electron chi connectivity index (χ4n) is 2.80. The van der Waals surface area contributed by atoms with Gasteiger partial charge in [-0.05, 0) is 30.7 Å². The molecule has 1 atom stereocenters. The maximum absolute atomic E-state index is 14.9. The number of rotatable bonds is 2. The summed E-state index contributed by atoms with van der Waals surface area (Å²) in [5.41, 5.74) is 0.233. The molecule has 1 aliphatic heterocycles. The SMILES string of the molecule is Cc1cccnc1C(F)(F)C(=O)N1CC(C)C(=O)Nc2ccccc21. The van der Waals surface area contributed by atoms with Crippen LogP contribution in [0.3, 0.4) is 0 Å². The highest BCUT2D eigenvalue weighted by molar-refractivity contribution is 6.06.